The molecule has 2 aliphatic rings. The maximum atomic E-state index is 11.9. The first-order valence-corrected chi connectivity index (χ1v) is 5.83. The third-order valence-corrected chi connectivity index (χ3v) is 2.94. The predicted octanol–water partition coefficient (Wildman–Crippen LogP) is -0.651. The smallest absolute Gasteiger partial charge is 0.248 e. The monoisotopic (exact) mass is 251 g/mol. The third-order valence-electron chi connectivity index (χ3n) is 2.94. The van der Waals surface area contributed by atoms with Crippen molar-refractivity contribution in [2.75, 3.05) is 20.3 Å². The molecule has 18 heavy (non-hydrogen) atoms. The van der Waals surface area contributed by atoms with Crippen molar-refractivity contribution in [3.8, 4) is 0 Å². The molecule has 0 aliphatic carbocycles. The van der Waals surface area contributed by atoms with E-state index in [0.717, 1.165) is 0 Å². The maximum Gasteiger partial charge on any atom is 0.248 e. The summed E-state index contributed by atoms with van der Waals surface area (Å²) in [6.07, 6.45) is 5.23. The van der Waals surface area contributed by atoms with E-state index in [1.54, 1.807) is 25.1 Å². The van der Waals surface area contributed by atoms with E-state index in [9.17, 15) is 9.59 Å². The Morgan fingerprint density at radius 2 is 2.22 bits per heavy atom. The Labute approximate surface area is 106 Å². The molecule has 0 aromatic rings. The molecule has 0 saturated heterocycles. The molecule has 0 spiro atoms. The molecule has 0 saturated carbocycles. The Hall–Kier alpha value is -1.66. The van der Waals surface area contributed by atoms with Gasteiger partial charge in [0.15, 0.2) is 0 Å². The predicted molar refractivity (Wildman–Crippen MR) is 65.3 cm³/mol. The molecule has 0 unspecified atom stereocenters. The van der Waals surface area contributed by atoms with Gasteiger partial charge in [0.2, 0.25) is 11.8 Å². The molecule has 2 atom stereocenters. The summed E-state index contributed by atoms with van der Waals surface area (Å²) in [5.41, 5.74) is 0.520. The first kappa shape index (κ1) is 12.8. The van der Waals surface area contributed by atoms with Crippen molar-refractivity contribution in [2.24, 2.45) is 0 Å². The van der Waals surface area contributed by atoms with Crippen LogP contribution in [0.25, 0.3) is 0 Å². The molecule has 0 bridgehead atoms. The Morgan fingerprint density at radius 3 is 2.94 bits per heavy atom. The standard InChI is InChI=1S/C12H17N3O3/c1-8-6-15(11(16)5-13-12(8)17)10-4-3-9(14-10)7-18-2/h3-4,6,9-10,14H,5,7H2,1-2H3,(H,13,17)/t9-,10-/m0/s1. The Bertz CT molecular complexity index is 417. The molecule has 2 amide bonds. The summed E-state index contributed by atoms with van der Waals surface area (Å²) in [7, 11) is 1.63. The largest absolute Gasteiger partial charge is 0.383 e. The van der Waals surface area contributed by atoms with Crippen LogP contribution >= 0.6 is 0 Å². The number of hydrogen-bond donors (Lipinski definition) is 2. The number of nitrogens with zero attached hydrogens (tertiary/aromatic N) is 1. The van der Waals surface area contributed by atoms with Gasteiger partial charge in [0, 0.05) is 18.9 Å². The zero-order chi connectivity index (χ0) is 13.1. The van der Waals surface area contributed by atoms with Crippen molar-refractivity contribution in [1.82, 2.24) is 15.5 Å². The van der Waals surface area contributed by atoms with Crippen molar-refractivity contribution in [1.29, 1.82) is 0 Å². The second-order valence-electron chi connectivity index (χ2n) is 4.35. The third kappa shape index (κ3) is 2.60. The van der Waals surface area contributed by atoms with E-state index in [2.05, 4.69) is 10.6 Å². The number of hydrogen-bond acceptors (Lipinski definition) is 4. The van der Waals surface area contributed by atoms with Crippen LogP contribution in [-0.2, 0) is 14.3 Å². The highest BCUT2D eigenvalue weighted by Crippen LogP contribution is 2.12. The number of rotatable bonds is 3. The minimum atomic E-state index is -0.222. The Balaban J connectivity index is 2.10. The topological polar surface area (TPSA) is 70.7 Å². The summed E-state index contributed by atoms with van der Waals surface area (Å²) in [6.45, 7) is 2.26. The number of carbonyl (C=O) groups is 2. The van der Waals surface area contributed by atoms with Gasteiger partial charge in [-0.15, -0.1) is 0 Å². The van der Waals surface area contributed by atoms with E-state index in [0.29, 0.717) is 12.2 Å². The van der Waals surface area contributed by atoms with Crippen molar-refractivity contribution < 1.29 is 14.3 Å². The fourth-order valence-electron chi connectivity index (χ4n) is 1.99. The zero-order valence-electron chi connectivity index (χ0n) is 10.5. The summed E-state index contributed by atoms with van der Waals surface area (Å²) in [4.78, 5) is 24.9. The van der Waals surface area contributed by atoms with Crippen LogP contribution in [0.1, 0.15) is 6.92 Å². The lowest BCUT2D eigenvalue weighted by Crippen LogP contribution is -2.47. The lowest BCUT2D eigenvalue weighted by Gasteiger charge is -2.25. The number of methoxy groups -OCH3 is 1. The van der Waals surface area contributed by atoms with Crippen LogP contribution in [0.2, 0.25) is 0 Å². The summed E-state index contributed by atoms with van der Waals surface area (Å²) in [6, 6.07) is 0.0911. The average Bonchev–Trinajstić information content (AvgIpc) is 2.76. The van der Waals surface area contributed by atoms with Crippen LogP contribution in [0.5, 0.6) is 0 Å². The van der Waals surface area contributed by atoms with Gasteiger partial charge < -0.3 is 10.1 Å². The normalized spacial score (nSPS) is 28.1. The van der Waals surface area contributed by atoms with Crippen LogP contribution < -0.4 is 10.6 Å². The molecule has 2 N–H and O–H groups in total. The highest BCUT2D eigenvalue weighted by molar-refractivity contribution is 5.97. The van der Waals surface area contributed by atoms with E-state index in [-0.39, 0.29) is 30.6 Å². The van der Waals surface area contributed by atoms with Crippen molar-refractivity contribution in [3.63, 3.8) is 0 Å². The highest BCUT2D eigenvalue weighted by atomic mass is 16.5. The summed E-state index contributed by atoms with van der Waals surface area (Å²) >= 11 is 0. The minimum Gasteiger partial charge on any atom is -0.383 e. The Kier molecular flexibility index (Phi) is 3.78. The molecule has 0 radical (unpaired) electrons. The van der Waals surface area contributed by atoms with E-state index < -0.39 is 0 Å². The lowest BCUT2D eigenvalue weighted by molar-refractivity contribution is -0.130. The quantitative estimate of drug-likeness (QED) is 0.654. The van der Waals surface area contributed by atoms with Crippen molar-refractivity contribution in [2.45, 2.75) is 19.1 Å². The average molecular weight is 251 g/mol. The summed E-state index contributed by atoms with van der Waals surface area (Å²) in [5, 5.41) is 5.80. The molecule has 6 nitrogen and oxygen atoms in total. The van der Waals surface area contributed by atoms with Gasteiger partial charge in [-0.1, -0.05) is 6.08 Å². The van der Waals surface area contributed by atoms with Gasteiger partial charge in [0.25, 0.3) is 0 Å². The molecule has 2 rings (SSSR count). The van der Waals surface area contributed by atoms with Crippen LogP contribution in [-0.4, -0.2) is 49.2 Å². The van der Waals surface area contributed by atoms with Crippen molar-refractivity contribution >= 4 is 11.8 Å². The molecule has 98 valence electrons. The van der Waals surface area contributed by atoms with Crippen LogP contribution in [0.3, 0.4) is 0 Å². The van der Waals surface area contributed by atoms with Crippen LogP contribution in [0, 0.1) is 0 Å². The van der Waals surface area contributed by atoms with Crippen molar-refractivity contribution in [3.05, 3.63) is 23.9 Å². The van der Waals surface area contributed by atoms with Crippen LogP contribution in [0.15, 0.2) is 23.9 Å². The van der Waals surface area contributed by atoms with Gasteiger partial charge in [-0.3, -0.25) is 19.8 Å². The summed E-state index contributed by atoms with van der Waals surface area (Å²) in [5.74, 6) is -0.346. The molecule has 2 heterocycles. The molecular weight excluding hydrogens is 234 g/mol. The maximum absolute atomic E-state index is 11.9. The van der Waals surface area contributed by atoms with Crippen LogP contribution in [0.4, 0.5) is 0 Å². The van der Waals surface area contributed by atoms with E-state index >= 15 is 0 Å². The second-order valence-corrected chi connectivity index (χ2v) is 4.35. The van der Waals surface area contributed by atoms with Gasteiger partial charge in [-0.25, -0.2) is 0 Å². The fraction of sp³-hybridized carbons (Fsp3) is 0.500. The summed E-state index contributed by atoms with van der Waals surface area (Å²) < 4.78 is 5.05. The molecule has 0 aromatic heterocycles. The highest BCUT2D eigenvalue weighted by Gasteiger charge is 2.28. The molecule has 2 aliphatic heterocycles. The van der Waals surface area contributed by atoms with Gasteiger partial charge in [0.1, 0.15) is 6.17 Å². The first-order valence-electron chi connectivity index (χ1n) is 5.83. The van der Waals surface area contributed by atoms with Gasteiger partial charge >= 0.3 is 0 Å². The number of amides is 2. The SMILES string of the molecule is COC[C@@H]1C=C[C@H](N2C=C(C)C(=O)NCC2=O)N1. The molecule has 6 heteroatoms. The number of carbonyl (C=O) groups excluding carboxylic acids is 2. The number of nitrogens with one attached hydrogen (secondary N) is 2. The van der Waals surface area contributed by atoms with Gasteiger partial charge in [-0.2, -0.15) is 0 Å². The molecular formula is C12H17N3O3. The first-order chi connectivity index (χ1) is 8.61. The Morgan fingerprint density at radius 1 is 1.44 bits per heavy atom. The van der Waals surface area contributed by atoms with E-state index in [4.69, 9.17) is 4.74 Å². The fourth-order valence-corrected chi connectivity index (χ4v) is 1.99. The van der Waals surface area contributed by atoms with Gasteiger partial charge in [0.05, 0.1) is 19.2 Å². The molecule has 0 aromatic carbocycles. The minimum absolute atomic E-state index is 0.0215. The van der Waals surface area contributed by atoms with E-state index in [1.807, 2.05) is 12.2 Å². The van der Waals surface area contributed by atoms with E-state index in [1.165, 1.54) is 0 Å². The molecule has 0 fully saturated rings. The van der Waals surface area contributed by atoms with Gasteiger partial charge in [-0.05, 0) is 13.0 Å². The second kappa shape index (κ2) is 5.32. The number of ether oxygens (including phenoxy) is 1. The zero-order valence-corrected chi connectivity index (χ0v) is 10.5. The lowest BCUT2D eigenvalue weighted by atomic mass is 10.3.